The Kier molecular flexibility index (Phi) is 11.6. The predicted molar refractivity (Wildman–Crippen MR) is 235 cm³/mol. The third-order valence-corrected chi connectivity index (χ3v) is 16.8. The number of piperidine rings is 4. The number of hydrogen-bond acceptors (Lipinski definition) is 12. The van der Waals surface area contributed by atoms with Gasteiger partial charge in [-0.15, -0.1) is 0 Å². The molecule has 1 spiro atoms. The molecule has 20 heteroatoms. The molecule has 5 fully saturated rings. The molecule has 65 heavy (non-hydrogen) atoms. The second-order valence-corrected chi connectivity index (χ2v) is 21.5. The van der Waals surface area contributed by atoms with Crippen LogP contribution in [-0.4, -0.2) is 106 Å². The highest BCUT2D eigenvalue weighted by molar-refractivity contribution is 7.92. The van der Waals surface area contributed by atoms with E-state index in [1.54, 1.807) is 38.1 Å². The van der Waals surface area contributed by atoms with Crippen molar-refractivity contribution in [3.05, 3.63) is 64.0 Å². The summed E-state index contributed by atoms with van der Waals surface area (Å²) < 4.78 is 88.4. The molecule has 4 aromatic rings. The van der Waals surface area contributed by atoms with Crippen molar-refractivity contribution in [3.8, 4) is 0 Å². The number of imidazole rings is 1. The van der Waals surface area contributed by atoms with Crippen molar-refractivity contribution in [2.24, 2.45) is 18.4 Å². The number of halogens is 4. The first kappa shape index (κ1) is 45.1. The standard InChI is InChI=1S/C45H55F4N9O6S/c1-27-21-29(5-6-32(27)51-41-50-24-31(45(47,48)49)39(53-41)57-16-4-13-43(2,62)26-57)65(63,64)30-22-44(23-30)14-19-55(20-15-44)25-28-11-17-56(18-12-28)33-7-8-34-38(37(33)46)54(3)42(61)58(34)35-9-10-36(59)52-40(35)60/h5-8,21,24,28,30,35,62H,4,9-20,22-23,25-26H2,1-3H3,(H,50,51,53)(H,52,59,60)/t35?,43-/m1/s1. The number of benzene rings is 2. The second kappa shape index (κ2) is 16.7. The first-order valence-electron chi connectivity index (χ1n) is 22.5. The number of sulfone groups is 1. The van der Waals surface area contributed by atoms with E-state index in [1.807, 2.05) is 4.90 Å². The van der Waals surface area contributed by atoms with Crippen LogP contribution < -0.4 is 26.1 Å². The number of hydrogen-bond donors (Lipinski definition) is 3. The number of nitrogens with zero attached hydrogens (tertiary/aromatic N) is 7. The molecule has 0 radical (unpaired) electrons. The van der Waals surface area contributed by atoms with Gasteiger partial charge in [0.25, 0.3) is 0 Å². The Morgan fingerprint density at radius 3 is 2.35 bits per heavy atom. The van der Waals surface area contributed by atoms with Gasteiger partial charge in [-0.2, -0.15) is 18.2 Å². The summed E-state index contributed by atoms with van der Waals surface area (Å²) in [6, 6.07) is 7.16. The van der Waals surface area contributed by atoms with Crippen LogP contribution in [0, 0.1) is 24.1 Å². The summed E-state index contributed by atoms with van der Waals surface area (Å²) >= 11 is 0. The number of aryl methyl sites for hydroxylation is 2. The van der Waals surface area contributed by atoms with Crippen molar-refractivity contribution in [2.75, 3.05) is 60.9 Å². The molecule has 1 unspecified atom stereocenters. The number of imide groups is 1. The molecule has 2 amide bonds. The van der Waals surface area contributed by atoms with Gasteiger partial charge in [0.15, 0.2) is 15.7 Å². The fraction of sp³-hybridized carbons (Fsp3) is 0.578. The molecule has 2 atom stereocenters. The fourth-order valence-electron chi connectivity index (χ4n) is 10.9. The minimum Gasteiger partial charge on any atom is -0.388 e. The van der Waals surface area contributed by atoms with E-state index in [0.29, 0.717) is 73.7 Å². The number of aromatic nitrogens is 4. The van der Waals surface area contributed by atoms with Gasteiger partial charge in [0.1, 0.15) is 22.9 Å². The van der Waals surface area contributed by atoms with Gasteiger partial charge in [-0.05, 0) is 132 Å². The van der Waals surface area contributed by atoms with Gasteiger partial charge in [0.2, 0.25) is 17.8 Å². The SMILES string of the molecule is Cc1cc(S(=O)(=O)C2CC3(CCN(CC4CCN(c5ccc6c(c5F)n(C)c(=O)n6C5CCC(=O)NC5=O)CC4)CC3)C2)ccc1Nc1ncc(C(F)(F)F)c(N2CCC[C@@](C)(O)C2)n1. The molecule has 1 aliphatic carbocycles. The molecule has 350 valence electrons. The average molecular weight is 926 g/mol. The lowest BCUT2D eigenvalue weighted by Gasteiger charge is -2.52. The molecule has 2 aromatic carbocycles. The number of β-amino-alcohol motifs (C(OH)–C–C–N with tert-alkyl or cyclic N) is 1. The van der Waals surface area contributed by atoms with Gasteiger partial charge in [-0.25, -0.2) is 22.6 Å². The fourth-order valence-corrected chi connectivity index (χ4v) is 13.0. The van der Waals surface area contributed by atoms with Crippen molar-refractivity contribution in [2.45, 2.75) is 106 Å². The van der Waals surface area contributed by atoms with E-state index in [1.165, 1.54) is 27.1 Å². The molecule has 3 N–H and O–H groups in total. The first-order chi connectivity index (χ1) is 30.7. The maximum Gasteiger partial charge on any atom is 0.421 e. The Bertz CT molecular complexity index is 2700. The number of carbonyl (C=O) groups excluding carboxylic acids is 2. The number of fused-ring (bicyclic) bond motifs is 1. The number of carbonyl (C=O) groups is 2. The van der Waals surface area contributed by atoms with Crippen LogP contribution in [-0.2, 0) is 32.7 Å². The monoisotopic (exact) mass is 925 g/mol. The molecule has 0 bridgehead atoms. The lowest BCUT2D eigenvalue weighted by molar-refractivity contribution is -0.138. The van der Waals surface area contributed by atoms with E-state index in [-0.39, 0.29) is 47.0 Å². The van der Waals surface area contributed by atoms with E-state index in [2.05, 4.69) is 25.5 Å². The van der Waals surface area contributed by atoms with Crippen LogP contribution in [0.15, 0.2) is 46.2 Å². The maximum atomic E-state index is 16.2. The normalized spacial score (nSPS) is 23.8. The van der Waals surface area contributed by atoms with Crippen molar-refractivity contribution >= 4 is 55.8 Å². The van der Waals surface area contributed by atoms with E-state index >= 15 is 4.39 Å². The van der Waals surface area contributed by atoms with E-state index in [4.69, 9.17) is 0 Å². The minimum absolute atomic E-state index is 0.00925. The van der Waals surface area contributed by atoms with Crippen LogP contribution in [0.3, 0.4) is 0 Å². The van der Waals surface area contributed by atoms with E-state index in [0.717, 1.165) is 51.5 Å². The van der Waals surface area contributed by atoms with Crippen molar-refractivity contribution in [1.82, 2.24) is 29.3 Å². The molecule has 6 heterocycles. The smallest absolute Gasteiger partial charge is 0.388 e. The van der Waals surface area contributed by atoms with E-state index < -0.39 is 61.8 Å². The highest BCUT2D eigenvalue weighted by atomic mass is 32.2. The van der Waals surface area contributed by atoms with Crippen LogP contribution in [0.25, 0.3) is 11.0 Å². The third-order valence-electron chi connectivity index (χ3n) is 14.7. The topological polar surface area (TPSA) is 175 Å². The number of alkyl halides is 3. The summed E-state index contributed by atoms with van der Waals surface area (Å²) in [6.07, 6.45) is 1.99. The zero-order chi connectivity index (χ0) is 46.2. The average Bonchev–Trinajstić information content (AvgIpc) is 3.49. The van der Waals surface area contributed by atoms with Crippen LogP contribution in [0.1, 0.15) is 88.3 Å². The number of anilines is 4. The summed E-state index contributed by atoms with van der Waals surface area (Å²) in [4.78, 5) is 51.8. The van der Waals surface area contributed by atoms with Gasteiger partial charge in [-0.3, -0.25) is 24.0 Å². The van der Waals surface area contributed by atoms with E-state index in [9.17, 15) is 41.1 Å². The summed E-state index contributed by atoms with van der Waals surface area (Å²) in [5, 5.41) is 15.3. The Morgan fingerprint density at radius 1 is 0.969 bits per heavy atom. The Morgan fingerprint density at radius 2 is 1.69 bits per heavy atom. The van der Waals surface area contributed by atoms with Crippen molar-refractivity contribution in [3.63, 3.8) is 0 Å². The Balaban J connectivity index is 0.773. The molecule has 2 aromatic heterocycles. The molecule has 9 rings (SSSR count). The highest BCUT2D eigenvalue weighted by Crippen LogP contribution is 2.53. The molecule has 4 aliphatic heterocycles. The van der Waals surface area contributed by atoms with Crippen LogP contribution in [0.4, 0.5) is 40.7 Å². The number of amides is 2. The molecular formula is C45H55F4N9O6S. The lowest BCUT2D eigenvalue weighted by Crippen LogP contribution is -2.52. The molecule has 4 saturated heterocycles. The summed E-state index contributed by atoms with van der Waals surface area (Å²) in [7, 11) is -2.15. The third kappa shape index (κ3) is 8.61. The predicted octanol–water partition coefficient (Wildman–Crippen LogP) is 5.60. The zero-order valence-electron chi connectivity index (χ0n) is 36.8. The Labute approximate surface area is 374 Å². The van der Waals surface area contributed by atoms with Crippen LogP contribution >= 0.6 is 0 Å². The lowest BCUT2D eigenvalue weighted by atomic mass is 9.63. The number of nitrogens with one attached hydrogen (secondary N) is 2. The Hall–Kier alpha value is -5.08. The first-order valence-corrected chi connectivity index (χ1v) is 24.0. The second-order valence-electron chi connectivity index (χ2n) is 19.3. The summed E-state index contributed by atoms with van der Waals surface area (Å²) in [6.45, 7) is 7.57. The highest BCUT2D eigenvalue weighted by Gasteiger charge is 2.51. The molecular weight excluding hydrogens is 871 g/mol. The summed E-state index contributed by atoms with van der Waals surface area (Å²) in [5.41, 5.74) is -0.803. The summed E-state index contributed by atoms with van der Waals surface area (Å²) in [5.74, 6) is -1.45. The number of rotatable bonds is 9. The van der Waals surface area contributed by atoms with Crippen molar-refractivity contribution in [1.29, 1.82) is 0 Å². The zero-order valence-corrected chi connectivity index (χ0v) is 37.6. The molecule has 5 aliphatic rings. The minimum atomic E-state index is -4.70. The van der Waals surface area contributed by atoms with Crippen molar-refractivity contribution < 1.29 is 40.7 Å². The van der Waals surface area contributed by atoms with Gasteiger partial charge in [-0.1, -0.05) is 0 Å². The van der Waals surface area contributed by atoms with Crippen LogP contribution in [0.5, 0.6) is 0 Å². The quantitative estimate of drug-likeness (QED) is 0.140. The van der Waals surface area contributed by atoms with Gasteiger partial charge >= 0.3 is 11.9 Å². The maximum absolute atomic E-state index is 16.2. The number of likely N-dealkylation sites (tertiary alicyclic amines) is 1. The van der Waals surface area contributed by atoms with Gasteiger partial charge in [0, 0.05) is 58.1 Å². The number of aliphatic hydroxyl groups is 1. The largest absolute Gasteiger partial charge is 0.421 e. The molecule has 15 nitrogen and oxygen atoms in total. The van der Waals surface area contributed by atoms with Crippen LogP contribution in [0.2, 0.25) is 0 Å². The van der Waals surface area contributed by atoms with Gasteiger partial charge < -0.3 is 25.1 Å². The molecule has 1 saturated carbocycles. The van der Waals surface area contributed by atoms with Gasteiger partial charge in [0.05, 0.1) is 27.0 Å².